The van der Waals surface area contributed by atoms with E-state index in [4.69, 9.17) is 0 Å². The van der Waals surface area contributed by atoms with Crippen LogP contribution in [0.4, 0.5) is 0 Å². The van der Waals surface area contributed by atoms with Gasteiger partial charge in [0, 0.05) is 19.3 Å². The zero-order valence-corrected chi connectivity index (χ0v) is 10.6. The average molecular weight is 224 g/mol. The molecular weight excluding hydrogens is 196 g/mol. The molecule has 0 aromatic heterocycles. The minimum Gasteiger partial charge on any atom is -0.304 e. The number of hydrogen-bond acceptors (Lipinski definition) is 2. The third-order valence-corrected chi connectivity index (χ3v) is 4.30. The van der Waals surface area contributed by atoms with Gasteiger partial charge in [-0.15, -0.1) is 0 Å². The standard InChI is InChI=1S/C14H28N2/c1-2-4-6-8-10-14-13(9-7-5-3-1)11-15-12-16-14/h13-16H,1-12H2. The Balaban J connectivity index is 1.79. The van der Waals surface area contributed by atoms with Gasteiger partial charge in [0.2, 0.25) is 0 Å². The first-order valence-corrected chi connectivity index (χ1v) is 7.41. The smallest absolute Gasteiger partial charge is 0.0456 e. The van der Waals surface area contributed by atoms with Gasteiger partial charge in [-0.2, -0.15) is 0 Å². The second-order valence-electron chi connectivity index (χ2n) is 5.61. The Bertz CT molecular complexity index is 162. The van der Waals surface area contributed by atoms with E-state index < -0.39 is 0 Å². The number of fused-ring (bicyclic) bond motifs is 1. The minimum absolute atomic E-state index is 0.806. The molecule has 1 aliphatic heterocycles. The Morgan fingerprint density at radius 2 is 1.31 bits per heavy atom. The van der Waals surface area contributed by atoms with Crippen LogP contribution >= 0.6 is 0 Å². The molecule has 94 valence electrons. The highest BCUT2D eigenvalue weighted by Gasteiger charge is 2.23. The number of nitrogens with one attached hydrogen (secondary N) is 2. The molecular formula is C14H28N2. The fourth-order valence-electron chi connectivity index (χ4n) is 3.24. The Morgan fingerprint density at radius 3 is 2.06 bits per heavy atom. The van der Waals surface area contributed by atoms with E-state index in [1.165, 1.54) is 70.8 Å². The maximum Gasteiger partial charge on any atom is 0.0456 e. The van der Waals surface area contributed by atoms with Gasteiger partial charge in [0.05, 0.1) is 0 Å². The van der Waals surface area contributed by atoms with Crippen LogP contribution in [0.15, 0.2) is 0 Å². The molecule has 2 rings (SSSR count). The van der Waals surface area contributed by atoms with Crippen LogP contribution in [-0.2, 0) is 0 Å². The zero-order chi connectivity index (χ0) is 11.1. The second-order valence-corrected chi connectivity index (χ2v) is 5.61. The summed E-state index contributed by atoms with van der Waals surface area (Å²) < 4.78 is 0. The van der Waals surface area contributed by atoms with E-state index in [1.54, 1.807) is 0 Å². The van der Waals surface area contributed by atoms with Crippen LogP contribution in [0.25, 0.3) is 0 Å². The van der Waals surface area contributed by atoms with Gasteiger partial charge in [-0.25, -0.2) is 0 Å². The summed E-state index contributed by atoms with van der Waals surface area (Å²) >= 11 is 0. The van der Waals surface area contributed by atoms with Crippen LogP contribution in [-0.4, -0.2) is 19.3 Å². The van der Waals surface area contributed by atoms with E-state index in [0.29, 0.717) is 0 Å². The predicted molar refractivity (Wildman–Crippen MR) is 69.5 cm³/mol. The lowest BCUT2D eigenvalue weighted by Gasteiger charge is -2.33. The molecule has 0 bridgehead atoms. The highest BCUT2D eigenvalue weighted by molar-refractivity contribution is 4.82. The molecule has 16 heavy (non-hydrogen) atoms. The summed E-state index contributed by atoms with van der Waals surface area (Å²) in [7, 11) is 0. The van der Waals surface area contributed by atoms with Crippen molar-refractivity contribution in [3.63, 3.8) is 0 Å². The molecule has 1 saturated carbocycles. The Hall–Kier alpha value is -0.0800. The molecule has 0 radical (unpaired) electrons. The first-order valence-electron chi connectivity index (χ1n) is 7.41. The summed E-state index contributed by atoms with van der Waals surface area (Å²) in [4.78, 5) is 0. The average Bonchev–Trinajstić information content (AvgIpc) is 2.30. The van der Waals surface area contributed by atoms with Crippen molar-refractivity contribution in [2.45, 2.75) is 70.3 Å². The van der Waals surface area contributed by atoms with Crippen LogP contribution in [0.5, 0.6) is 0 Å². The van der Waals surface area contributed by atoms with Crippen molar-refractivity contribution >= 4 is 0 Å². The summed E-state index contributed by atoms with van der Waals surface area (Å²) in [5, 5.41) is 7.15. The molecule has 0 aromatic rings. The van der Waals surface area contributed by atoms with Gasteiger partial charge < -0.3 is 10.6 Å². The number of hydrogen-bond donors (Lipinski definition) is 2. The van der Waals surface area contributed by atoms with Crippen LogP contribution in [0.2, 0.25) is 0 Å². The molecule has 2 unspecified atom stereocenters. The minimum atomic E-state index is 0.806. The quantitative estimate of drug-likeness (QED) is 0.661. The van der Waals surface area contributed by atoms with Crippen molar-refractivity contribution in [1.29, 1.82) is 0 Å². The van der Waals surface area contributed by atoms with E-state index >= 15 is 0 Å². The summed E-state index contributed by atoms with van der Waals surface area (Å²) in [5.74, 6) is 0.896. The Kier molecular flexibility index (Phi) is 5.64. The van der Waals surface area contributed by atoms with Crippen molar-refractivity contribution < 1.29 is 0 Å². The lowest BCUT2D eigenvalue weighted by atomic mass is 9.87. The summed E-state index contributed by atoms with van der Waals surface area (Å²) in [6.45, 7) is 2.28. The monoisotopic (exact) mass is 224 g/mol. The fourth-order valence-corrected chi connectivity index (χ4v) is 3.24. The molecule has 1 saturated heterocycles. The fraction of sp³-hybridized carbons (Fsp3) is 1.00. The van der Waals surface area contributed by atoms with Gasteiger partial charge in [0.25, 0.3) is 0 Å². The van der Waals surface area contributed by atoms with Crippen LogP contribution in [0, 0.1) is 5.92 Å². The van der Waals surface area contributed by atoms with E-state index in [0.717, 1.165) is 18.6 Å². The van der Waals surface area contributed by atoms with E-state index in [-0.39, 0.29) is 0 Å². The van der Waals surface area contributed by atoms with Gasteiger partial charge in [-0.3, -0.25) is 0 Å². The molecule has 2 heteroatoms. The third kappa shape index (κ3) is 4.06. The molecule has 2 aliphatic rings. The molecule has 0 amide bonds. The van der Waals surface area contributed by atoms with Crippen LogP contribution < -0.4 is 10.6 Å². The Labute approximate surface area is 101 Å². The topological polar surface area (TPSA) is 24.1 Å². The lowest BCUT2D eigenvalue weighted by Crippen LogP contribution is -2.51. The molecule has 2 nitrogen and oxygen atoms in total. The first kappa shape index (κ1) is 12.4. The van der Waals surface area contributed by atoms with Gasteiger partial charge >= 0.3 is 0 Å². The molecule has 1 heterocycles. The van der Waals surface area contributed by atoms with Crippen molar-refractivity contribution in [2.24, 2.45) is 5.92 Å². The first-order chi connectivity index (χ1) is 7.97. The van der Waals surface area contributed by atoms with Crippen LogP contribution in [0.3, 0.4) is 0 Å². The molecule has 0 aromatic carbocycles. The van der Waals surface area contributed by atoms with Crippen molar-refractivity contribution in [3.8, 4) is 0 Å². The molecule has 2 N–H and O–H groups in total. The maximum atomic E-state index is 3.66. The van der Waals surface area contributed by atoms with Crippen molar-refractivity contribution in [2.75, 3.05) is 13.2 Å². The highest BCUT2D eigenvalue weighted by Crippen LogP contribution is 2.22. The second kappa shape index (κ2) is 7.29. The van der Waals surface area contributed by atoms with Crippen molar-refractivity contribution in [1.82, 2.24) is 10.6 Å². The SMILES string of the molecule is C1CCCCCC2NCNCC2CCCC1. The van der Waals surface area contributed by atoms with E-state index in [1.807, 2.05) is 0 Å². The highest BCUT2D eigenvalue weighted by atomic mass is 15.1. The largest absolute Gasteiger partial charge is 0.304 e. The van der Waals surface area contributed by atoms with Gasteiger partial charge in [-0.1, -0.05) is 51.4 Å². The van der Waals surface area contributed by atoms with Gasteiger partial charge in [0.15, 0.2) is 0 Å². The molecule has 0 spiro atoms. The van der Waals surface area contributed by atoms with E-state index in [9.17, 15) is 0 Å². The molecule has 1 aliphatic carbocycles. The Morgan fingerprint density at radius 1 is 0.688 bits per heavy atom. The number of rotatable bonds is 0. The molecule has 2 atom stereocenters. The summed E-state index contributed by atoms with van der Waals surface area (Å²) in [6, 6.07) is 0.806. The van der Waals surface area contributed by atoms with Gasteiger partial charge in [-0.05, 0) is 18.8 Å². The maximum absolute atomic E-state index is 3.66. The summed E-state index contributed by atoms with van der Waals surface area (Å²) in [5.41, 5.74) is 0. The normalized spacial score (nSPS) is 34.5. The molecule has 2 fully saturated rings. The van der Waals surface area contributed by atoms with Crippen molar-refractivity contribution in [3.05, 3.63) is 0 Å². The third-order valence-electron chi connectivity index (χ3n) is 4.30. The lowest BCUT2D eigenvalue weighted by molar-refractivity contribution is 0.241. The van der Waals surface area contributed by atoms with Gasteiger partial charge in [0.1, 0.15) is 0 Å². The zero-order valence-electron chi connectivity index (χ0n) is 10.6. The van der Waals surface area contributed by atoms with E-state index in [2.05, 4.69) is 10.6 Å². The van der Waals surface area contributed by atoms with Crippen LogP contribution in [0.1, 0.15) is 64.2 Å². The summed E-state index contributed by atoms with van der Waals surface area (Å²) in [6.07, 6.45) is 14.5. The predicted octanol–water partition coefficient (Wildman–Crippen LogP) is 3.04.